The number of anilines is 1. The van der Waals surface area contributed by atoms with E-state index in [0.29, 0.717) is 34.0 Å². The van der Waals surface area contributed by atoms with Crippen molar-refractivity contribution in [2.24, 2.45) is 0 Å². The number of aryl methyl sites for hydroxylation is 1. The van der Waals surface area contributed by atoms with Crippen LogP contribution in [-0.2, 0) is 11.3 Å². The zero-order chi connectivity index (χ0) is 19.6. The monoisotopic (exact) mass is 384 g/mol. The fraction of sp³-hybridized carbons (Fsp3) is 0.263. The zero-order valence-electron chi connectivity index (χ0n) is 15.3. The van der Waals surface area contributed by atoms with Gasteiger partial charge in [-0.2, -0.15) is 0 Å². The van der Waals surface area contributed by atoms with E-state index in [4.69, 9.17) is 0 Å². The van der Waals surface area contributed by atoms with Gasteiger partial charge in [0.05, 0.1) is 11.3 Å². The van der Waals surface area contributed by atoms with Crippen LogP contribution in [0.5, 0.6) is 0 Å². The molecule has 8 heteroatoms. The van der Waals surface area contributed by atoms with Gasteiger partial charge in [-0.1, -0.05) is 11.8 Å². The summed E-state index contributed by atoms with van der Waals surface area (Å²) in [5.74, 6) is -0.115. The first kappa shape index (κ1) is 18.9. The molecule has 0 spiro atoms. The summed E-state index contributed by atoms with van der Waals surface area (Å²) in [6, 6.07) is 8.53. The lowest BCUT2D eigenvalue weighted by Crippen LogP contribution is -2.23. The minimum Gasteiger partial charge on any atom is -0.353 e. The second-order valence-corrected chi connectivity index (χ2v) is 7.07. The van der Waals surface area contributed by atoms with Crippen molar-refractivity contribution in [2.75, 3.05) is 11.1 Å². The maximum atomic E-state index is 12.6. The van der Waals surface area contributed by atoms with Crippen LogP contribution in [0, 0.1) is 6.92 Å². The van der Waals surface area contributed by atoms with Gasteiger partial charge >= 0.3 is 0 Å². The van der Waals surface area contributed by atoms with Gasteiger partial charge < -0.3 is 10.3 Å². The lowest BCUT2D eigenvalue weighted by Gasteiger charge is -2.10. The molecule has 27 heavy (non-hydrogen) atoms. The number of hydrogen-bond acceptors (Lipinski definition) is 5. The number of ketones is 1. The average molecular weight is 384 g/mol. The predicted molar refractivity (Wildman–Crippen MR) is 107 cm³/mol. The maximum absolute atomic E-state index is 12.6. The number of nitrogens with zero attached hydrogens (tertiary/aromatic N) is 2. The lowest BCUT2D eigenvalue weighted by atomic mass is 10.1. The molecule has 0 radical (unpaired) electrons. The number of aromatic amines is 1. The lowest BCUT2D eigenvalue weighted by molar-refractivity contribution is -0.113. The van der Waals surface area contributed by atoms with Crippen LogP contribution in [0.4, 0.5) is 5.69 Å². The van der Waals surface area contributed by atoms with E-state index in [-0.39, 0.29) is 23.0 Å². The molecule has 3 aromatic rings. The van der Waals surface area contributed by atoms with Gasteiger partial charge in [0, 0.05) is 23.5 Å². The zero-order valence-corrected chi connectivity index (χ0v) is 16.1. The Bertz CT molecular complexity index is 1070. The van der Waals surface area contributed by atoms with Crippen LogP contribution in [0.25, 0.3) is 11.0 Å². The Labute approximate surface area is 160 Å². The third-order valence-corrected chi connectivity index (χ3v) is 5.04. The molecule has 0 aliphatic rings. The molecule has 0 unspecified atom stereocenters. The van der Waals surface area contributed by atoms with E-state index in [1.54, 1.807) is 28.8 Å². The van der Waals surface area contributed by atoms with Crippen molar-refractivity contribution >= 4 is 40.2 Å². The molecule has 7 nitrogen and oxygen atoms in total. The summed E-state index contributed by atoms with van der Waals surface area (Å²) < 4.78 is 1.55. The molecule has 1 amide bonds. The average Bonchev–Trinajstić information content (AvgIpc) is 3.01. The second-order valence-electron chi connectivity index (χ2n) is 6.13. The summed E-state index contributed by atoms with van der Waals surface area (Å²) in [7, 11) is 0. The summed E-state index contributed by atoms with van der Waals surface area (Å²) in [4.78, 5) is 43.6. The number of hydrogen-bond donors (Lipinski definition) is 2. The van der Waals surface area contributed by atoms with Crippen LogP contribution in [0.2, 0.25) is 0 Å². The molecule has 0 fully saturated rings. The largest absolute Gasteiger partial charge is 0.353 e. The van der Waals surface area contributed by atoms with E-state index in [9.17, 15) is 14.4 Å². The molecule has 2 aromatic heterocycles. The van der Waals surface area contributed by atoms with Crippen molar-refractivity contribution in [1.82, 2.24) is 14.5 Å². The fourth-order valence-electron chi connectivity index (χ4n) is 2.72. The molecule has 0 saturated heterocycles. The fourth-order valence-corrected chi connectivity index (χ4v) is 3.58. The summed E-state index contributed by atoms with van der Waals surface area (Å²) in [5.41, 5.74) is 3.01. The van der Waals surface area contributed by atoms with Crippen LogP contribution >= 0.6 is 11.8 Å². The Kier molecular flexibility index (Phi) is 5.46. The highest BCUT2D eigenvalue weighted by Crippen LogP contribution is 2.19. The Morgan fingerprint density at radius 2 is 1.96 bits per heavy atom. The number of H-pyrrole nitrogens is 1. The van der Waals surface area contributed by atoms with Gasteiger partial charge in [-0.15, -0.1) is 0 Å². The van der Waals surface area contributed by atoms with Crippen molar-refractivity contribution in [3.8, 4) is 0 Å². The molecule has 0 bridgehead atoms. The molecule has 2 N–H and O–H groups in total. The Balaban J connectivity index is 1.73. The molecule has 2 heterocycles. The minimum atomic E-state index is -0.210. The maximum Gasteiger partial charge on any atom is 0.278 e. The number of amides is 1. The molecular formula is C19H20N4O3S. The van der Waals surface area contributed by atoms with Crippen LogP contribution in [0.3, 0.4) is 0 Å². The third-order valence-electron chi connectivity index (χ3n) is 4.06. The first-order valence-corrected chi connectivity index (χ1v) is 9.51. The van der Waals surface area contributed by atoms with Crippen molar-refractivity contribution < 1.29 is 9.59 Å². The Morgan fingerprint density at radius 3 is 2.59 bits per heavy atom. The number of fused-ring (bicyclic) bond motifs is 1. The SMILES string of the molecule is CCn1c(SCC(=O)Nc2ccc(C(C)=O)cc2)nc2cc(C)[nH]c2c1=O. The minimum absolute atomic E-state index is 0.0255. The summed E-state index contributed by atoms with van der Waals surface area (Å²) in [6.45, 7) is 5.70. The van der Waals surface area contributed by atoms with E-state index in [1.807, 2.05) is 19.9 Å². The van der Waals surface area contributed by atoms with Crippen molar-refractivity contribution in [1.29, 1.82) is 0 Å². The smallest absolute Gasteiger partial charge is 0.278 e. The first-order valence-electron chi connectivity index (χ1n) is 8.53. The number of rotatable bonds is 6. The van der Waals surface area contributed by atoms with Crippen molar-refractivity contribution in [2.45, 2.75) is 32.5 Å². The van der Waals surface area contributed by atoms with Gasteiger partial charge in [-0.25, -0.2) is 4.98 Å². The molecule has 1 aromatic carbocycles. The van der Waals surface area contributed by atoms with Gasteiger partial charge in [0.15, 0.2) is 10.9 Å². The van der Waals surface area contributed by atoms with E-state index in [2.05, 4.69) is 15.3 Å². The van der Waals surface area contributed by atoms with E-state index in [0.717, 1.165) is 5.69 Å². The van der Waals surface area contributed by atoms with Crippen LogP contribution in [0.1, 0.15) is 29.9 Å². The highest BCUT2D eigenvalue weighted by Gasteiger charge is 2.14. The van der Waals surface area contributed by atoms with E-state index in [1.165, 1.54) is 18.7 Å². The Morgan fingerprint density at radius 1 is 1.26 bits per heavy atom. The molecule has 140 valence electrons. The molecular weight excluding hydrogens is 364 g/mol. The quantitative estimate of drug-likeness (QED) is 0.387. The van der Waals surface area contributed by atoms with Crippen LogP contribution < -0.4 is 10.9 Å². The Hall–Kier alpha value is -2.87. The molecule has 0 aliphatic carbocycles. The van der Waals surface area contributed by atoms with Gasteiger partial charge in [-0.3, -0.25) is 19.0 Å². The van der Waals surface area contributed by atoms with Crippen LogP contribution in [-0.4, -0.2) is 32.0 Å². The topological polar surface area (TPSA) is 96.8 Å². The number of nitrogens with one attached hydrogen (secondary N) is 2. The molecule has 3 rings (SSSR count). The highest BCUT2D eigenvalue weighted by atomic mass is 32.2. The number of benzene rings is 1. The third kappa shape index (κ3) is 4.11. The van der Waals surface area contributed by atoms with Crippen molar-refractivity contribution in [3.63, 3.8) is 0 Å². The summed E-state index contributed by atoms with van der Waals surface area (Å²) >= 11 is 1.22. The normalized spacial score (nSPS) is 10.9. The second kappa shape index (κ2) is 7.79. The van der Waals surface area contributed by atoms with E-state index < -0.39 is 0 Å². The number of thioether (sulfide) groups is 1. The molecule has 0 saturated carbocycles. The predicted octanol–water partition coefficient (Wildman–Crippen LogP) is 2.99. The first-order chi connectivity index (χ1) is 12.9. The number of Topliss-reactive ketones (excluding diaryl/α,β-unsaturated/α-hetero) is 1. The standard InChI is InChI=1S/C19H20N4O3S/c1-4-23-18(26)17-15(9-11(2)20-17)22-19(23)27-10-16(25)21-14-7-5-13(6-8-14)12(3)24/h5-9,20H,4,10H2,1-3H3,(H,21,25). The summed E-state index contributed by atoms with van der Waals surface area (Å²) in [6.07, 6.45) is 0. The number of carbonyl (C=O) groups excluding carboxylic acids is 2. The van der Waals surface area contributed by atoms with Gasteiger partial charge in [0.2, 0.25) is 5.91 Å². The van der Waals surface area contributed by atoms with Gasteiger partial charge in [0.25, 0.3) is 5.56 Å². The number of aromatic nitrogens is 3. The molecule has 0 atom stereocenters. The van der Waals surface area contributed by atoms with Gasteiger partial charge in [-0.05, 0) is 51.1 Å². The van der Waals surface area contributed by atoms with Gasteiger partial charge in [0.1, 0.15) is 5.52 Å². The van der Waals surface area contributed by atoms with E-state index >= 15 is 0 Å². The summed E-state index contributed by atoms with van der Waals surface area (Å²) in [5, 5.41) is 3.29. The highest BCUT2D eigenvalue weighted by molar-refractivity contribution is 7.99. The molecule has 0 aliphatic heterocycles. The van der Waals surface area contributed by atoms with Crippen molar-refractivity contribution in [3.05, 3.63) is 51.9 Å². The number of carbonyl (C=O) groups is 2. The van der Waals surface area contributed by atoms with Crippen LogP contribution in [0.15, 0.2) is 40.3 Å².